The minimum Gasteiger partial charge on any atom is -0.380 e. The second kappa shape index (κ2) is 8.57. The number of nitrogens with zero attached hydrogens (tertiary/aromatic N) is 3. The van der Waals surface area contributed by atoms with Crippen LogP contribution in [-0.2, 0) is 15.2 Å². The minimum atomic E-state index is -1.12. The molecule has 0 unspecified atom stereocenters. The largest absolute Gasteiger partial charge is 0.380 e. The second-order valence-corrected chi connectivity index (χ2v) is 8.89. The van der Waals surface area contributed by atoms with Crippen molar-refractivity contribution >= 4 is 17.6 Å². The number of amides is 2. The molecule has 2 fully saturated rings. The van der Waals surface area contributed by atoms with Crippen LogP contribution in [0.2, 0.25) is 0 Å². The van der Waals surface area contributed by atoms with Gasteiger partial charge in [0, 0.05) is 6.07 Å². The lowest BCUT2D eigenvalue weighted by Gasteiger charge is -2.43. The fourth-order valence-corrected chi connectivity index (χ4v) is 5.25. The minimum absolute atomic E-state index is 0.0138. The zero-order valence-electron chi connectivity index (χ0n) is 18.6. The summed E-state index contributed by atoms with van der Waals surface area (Å²) in [6.07, 6.45) is 1.56. The molecule has 3 heterocycles. The molecule has 0 spiro atoms. The number of hydrogen-bond acceptors (Lipinski definition) is 6. The van der Waals surface area contributed by atoms with E-state index in [-0.39, 0.29) is 30.0 Å². The van der Waals surface area contributed by atoms with Gasteiger partial charge in [0.25, 0.3) is 5.91 Å². The number of carbonyl (C=O) groups excluding carboxylic acids is 2. The summed E-state index contributed by atoms with van der Waals surface area (Å²) in [7, 11) is 0. The van der Waals surface area contributed by atoms with Crippen molar-refractivity contribution in [2.24, 2.45) is 5.92 Å². The van der Waals surface area contributed by atoms with Gasteiger partial charge in [-0.2, -0.15) is 0 Å². The van der Waals surface area contributed by atoms with Crippen LogP contribution < -0.4 is 4.90 Å². The lowest BCUT2D eigenvalue weighted by Crippen LogP contribution is -2.49. The van der Waals surface area contributed by atoms with E-state index in [9.17, 15) is 14.7 Å². The molecule has 170 valence electrons. The van der Waals surface area contributed by atoms with Crippen molar-refractivity contribution in [3.05, 3.63) is 83.6 Å². The van der Waals surface area contributed by atoms with Crippen LogP contribution in [0.5, 0.6) is 0 Å². The monoisotopic (exact) mass is 445 g/mol. The molecule has 5 rings (SSSR count). The lowest BCUT2D eigenvalue weighted by atomic mass is 9.72. The topological polar surface area (TPSA) is 86.9 Å². The Bertz CT molecular complexity index is 1100. The molecule has 2 aliphatic rings. The maximum absolute atomic E-state index is 13.1. The van der Waals surface area contributed by atoms with E-state index in [4.69, 9.17) is 4.52 Å². The molecule has 2 saturated heterocycles. The van der Waals surface area contributed by atoms with E-state index >= 15 is 0 Å². The van der Waals surface area contributed by atoms with Gasteiger partial charge in [-0.15, -0.1) is 0 Å². The molecule has 3 aromatic rings. The fourth-order valence-electron chi connectivity index (χ4n) is 5.25. The number of carbonyl (C=O) groups is 2. The molecule has 33 heavy (non-hydrogen) atoms. The number of benzene rings is 2. The van der Waals surface area contributed by atoms with E-state index < -0.39 is 11.6 Å². The molecule has 2 amide bonds. The van der Waals surface area contributed by atoms with Gasteiger partial charge < -0.3 is 9.63 Å². The van der Waals surface area contributed by atoms with Crippen LogP contribution in [0.15, 0.2) is 71.3 Å². The third-order valence-electron chi connectivity index (χ3n) is 6.96. The first-order valence-electron chi connectivity index (χ1n) is 11.4. The summed E-state index contributed by atoms with van der Waals surface area (Å²) in [5, 5.41) is 15.9. The fraction of sp³-hybridized carbons (Fsp3) is 0.346. The first-order chi connectivity index (χ1) is 16.0. The van der Waals surface area contributed by atoms with Gasteiger partial charge in [-0.1, -0.05) is 65.8 Å². The number of likely N-dealkylation sites (tertiary alicyclic amines) is 1. The van der Waals surface area contributed by atoms with Crippen molar-refractivity contribution in [1.29, 1.82) is 0 Å². The first kappa shape index (κ1) is 21.6. The summed E-state index contributed by atoms with van der Waals surface area (Å²) in [6, 6.07) is 20.6. The standard InChI is InChI=1S/C26H27N3O4/c1-18-16-23(27-33-18)29-24(30)17-22(25(29)31)28-14-12-21(13-15-28)26(32,19-8-4-2-5-9-19)20-10-6-3-7-11-20/h2-11,16,21-22,32H,12-15,17H2,1H3/t22-/m0/s1. The Balaban J connectivity index is 1.35. The lowest BCUT2D eigenvalue weighted by molar-refractivity contribution is -0.123. The maximum atomic E-state index is 13.1. The number of rotatable bonds is 5. The van der Waals surface area contributed by atoms with Crippen LogP contribution in [0.1, 0.15) is 36.1 Å². The Morgan fingerprint density at radius 3 is 2.06 bits per heavy atom. The summed E-state index contributed by atoms with van der Waals surface area (Å²) >= 11 is 0. The number of aromatic nitrogens is 1. The van der Waals surface area contributed by atoms with Crippen molar-refractivity contribution in [2.45, 2.75) is 37.8 Å². The Morgan fingerprint density at radius 2 is 1.55 bits per heavy atom. The Kier molecular flexibility index (Phi) is 5.60. The van der Waals surface area contributed by atoms with Crippen molar-refractivity contribution in [2.75, 3.05) is 18.0 Å². The Morgan fingerprint density at radius 1 is 0.970 bits per heavy atom. The van der Waals surface area contributed by atoms with Crippen LogP contribution in [-0.4, -0.2) is 46.1 Å². The van der Waals surface area contributed by atoms with E-state index in [1.54, 1.807) is 13.0 Å². The molecule has 7 nitrogen and oxygen atoms in total. The highest BCUT2D eigenvalue weighted by Crippen LogP contribution is 2.42. The number of aliphatic hydroxyl groups is 1. The third-order valence-corrected chi connectivity index (χ3v) is 6.96. The van der Waals surface area contributed by atoms with Crippen LogP contribution in [0.25, 0.3) is 0 Å². The molecule has 1 N–H and O–H groups in total. The smallest absolute Gasteiger partial charge is 0.252 e. The summed E-state index contributed by atoms with van der Waals surface area (Å²) in [5.74, 6) is 0.275. The zero-order chi connectivity index (χ0) is 23.0. The predicted molar refractivity (Wildman–Crippen MR) is 122 cm³/mol. The van der Waals surface area contributed by atoms with Crippen molar-refractivity contribution in [3.63, 3.8) is 0 Å². The SMILES string of the molecule is Cc1cc(N2C(=O)C[C@H](N3CCC(C(O)(c4ccccc4)c4ccccc4)CC3)C2=O)no1. The molecule has 0 saturated carbocycles. The Hall–Kier alpha value is -3.29. The molecular formula is C26H27N3O4. The second-order valence-electron chi connectivity index (χ2n) is 8.89. The van der Waals surface area contributed by atoms with Gasteiger partial charge in [0.1, 0.15) is 11.4 Å². The summed E-state index contributed by atoms with van der Waals surface area (Å²) in [4.78, 5) is 28.9. The normalized spacial score (nSPS) is 20.5. The first-order valence-corrected chi connectivity index (χ1v) is 11.4. The average Bonchev–Trinajstić information content (AvgIpc) is 3.41. The predicted octanol–water partition coefficient (Wildman–Crippen LogP) is 3.26. The van der Waals surface area contributed by atoms with E-state index in [1.807, 2.05) is 60.7 Å². The van der Waals surface area contributed by atoms with Gasteiger partial charge in [0.15, 0.2) is 5.82 Å². The Labute approximate surface area is 192 Å². The van der Waals surface area contributed by atoms with Crippen molar-refractivity contribution < 1.29 is 19.2 Å². The van der Waals surface area contributed by atoms with Crippen molar-refractivity contribution in [3.8, 4) is 0 Å². The molecule has 0 aliphatic carbocycles. The van der Waals surface area contributed by atoms with E-state index in [1.165, 1.54) is 0 Å². The third kappa shape index (κ3) is 3.77. The number of imide groups is 1. The molecule has 0 bridgehead atoms. The molecular weight excluding hydrogens is 418 g/mol. The van der Waals surface area contributed by atoms with Crippen LogP contribution in [0.4, 0.5) is 5.82 Å². The molecule has 7 heteroatoms. The molecule has 1 aromatic heterocycles. The van der Waals surface area contributed by atoms with Gasteiger partial charge in [-0.25, -0.2) is 4.90 Å². The van der Waals surface area contributed by atoms with Crippen molar-refractivity contribution in [1.82, 2.24) is 10.1 Å². The summed E-state index contributed by atoms with van der Waals surface area (Å²) in [6.45, 7) is 2.98. The van der Waals surface area contributed by atoms with Crippen LogP contribution >= 0.6 is 0 Å². The van der Waals surface area contributed by atoms with Gasteiger partial charge in [-0.3, -0.25) is 14.5 Å². The molecule has 2 aromatic carbocycles. The number of aryl methyl sites for hydroxylation is 1. The summed E-state index contributed by atoms with van der Waals surface area (Å²) < 4.78 is 5.05. The molecule has 1 atom stereocenters. The highest BCUT2D eigenvalue weighted by molar-refractivity contribution is 6.21. The zero-order valence-corrected chi connectivity index (χ0v) is 18.6. The molecule has 2 aliphatic heterocycles. The maximum Gasteiger partial charge on any atom is 0.252 e. The van der Waals surface area contributed by atoms with E-state index in [2.05, 4.69) is 10.1 Å². The molecule has 0 radical (unpaired) electrons. The number of hydrogen-bond donors (Lipinski definition) is 1. The van der Waals surface area contributed by atoms with Gasteiger partial charge >= 0.3 is 0 Å². The number of anilines is 1. The number of piperidine rings is 1. The van der Waals surface area contributed by atoms with Gasteiger partial charge in [-0.05, 0) is 49.9 Å². The van der Waals surface area contributed by atoms with Crippen LogP contribution in [0, 0.1) is 12.8 Å². The van der Waals surface area contributed by atoms with E-state index in [0.29, 0.717) is 31.7 Å². The quantitative estimate of drug-likeness (QED) is 0.607. The highest BCUT2D eigenvalue weighted by Gasteiger charge is 2.47. The highest BCUT2D eigenvalue weighted by atomic mass is 16.5. The summed E-state index contributed by atoms with van der Waals surface area (Å²) in [5.41, 5.74) is 0.623. The van der Waals surface area contributed by atoms with Gasteiger partial charge in [0.05, 0.1) is 12.5 Å². The van der Waals surface area contributed by atoms with E-state index in [0.717, 1.165) is 16.0 Å². The average molecular weight is 446 g/mol. The van der Waals surface area contributed by atoms with Crippen LogP contribution in [0.3, 0.4) is 0 Å². The van der Waals surface area contributed by atoms with Gasteiger partial charge in [0.2, 0.25) is 5.91 Å².